The Bertz CT molecular complexity index is 250. The molecule has 16 heavy (non-hydrogen) atoms. The number of amides is 1. The van der Waals surface area contributed by atoms with Crippen molar-refractivity contribution in [1.82, 2.24) is 4.90 Å². The van der Waals surface area contributed by atoms with Crippen LogP contribution in [0.5, 0.6) is 0 Å². The maximum Gasteiger partial charge on any atom is 0.410 e. The van der Waals surface area contributed by atoms with Gasteiger partial charge in [-0.2, -0.15) is 0 Å². The van der Waals surface area contributed by atoms with Crippen LogP contribution in [-0.4, -0.2) is 46.9 Å². The van der Waals surface area contributed by atoms with E-state index in [1.165, 1.54) is 0 Å². The summed E-state index contributed by atoms with van der Waals surface area (Å²) in [6.45, 7) is 6.34. The van der Waals surface area contributed by atoms with Gasteiger partial charge >= 0.3 is 6.09 Å². The van der Waals surface area contributed by atoms with E-state index in [0.29, 0.717) is 25.9 Å². The standard InChI is InChI=1S/C11H22N2O3/c1-11(2,3)16-10(15)13-7-9(14)6-8(13)4-5-12/h8-9,14H,4-7,12H2,1-3H3. The van der Waals surface area contributed by atoms with Crippen LogP contribution in [0.25, 0.3) is 0 Å². The van der Waals surface area contributed by atoms with E-state index in [1.54, 1.807) is 4.90 Å². The lowest BCUT2D eigenvalue weighted by Crippen LogP contribution is -2.40. The van der Waals surface area contributed by atoms with Crippen molar-refractivity contribution in [2.24, 2.45) is 5.73 Å². The molecule has 0 radical (unpaired) electrons. The van der Waals surface area contributed by atoms with Crippen LogP contribution in [0.1, 0.15) is 33.6 Å². The first-order chi connectivity index (χ1) is 7.33. The van der Waals surface area contributed by atoms with Gasteiger partial charge in [0.25, 0.3) is 0 Å². The predicted molar refractivity (Wildman–Crippen MR) is 61.0 cm³/mol. The Balaban J connectivity index is 2.59. The molecule has 0 aromatic heterocycles. The molecule has 0 spiro atoms. The second-order valence-corrected chi connectivity index (χ2v) is 5.25. The number of carbonyl (C=O) groups is 1. The summed E-state index contributed by atoms with van der Waals surface area (Å²) >= 11 is 0. The van der Waals surface area contributed by atoms with Crippen LogP contribution in [0.15, 0.2) is 0 Å². The van der Waals surface area contributed by atoms with E-state index in [-0.39, 0.29) is 12.1 Å². The van der Waals surface area contributed by atoms with Crippen molar-refractivity contribution in [2.75, 3.05) is 13.1 Å². The Morgan fingerprint density at radius 1 is 1.56 bits per heavy atom. The Morgan fingerprint density at radius 2 is 2.19 bits per heavy atom. The molecule has 1 aliphatic rings. The van der Waals surface area contributed by atoms with Gasteiger partial charge in [-0.15, -0.1) is 0 Å². The van der Waals surface area contributed by atoms with Crippen LogP contribution in [0.3, 0.4) is 0 Å². The van der Waals surface area contributed by atoms with Gasteiger partial charge in [0, 0.05) is 6.04 Å². The quantitative estimate of drug-likeness (QED) is 0.732. The number of hydrogen-bond acceptors (Lipinski definition) is 4. The van der Waals surface area contributed by atoms with E-state index >= 15 is 0 Å². The van der Waals surface area contributed by atoms with Crippen molar-refractivity contribution >= 4 is 6.09 Å². The molecular formula is C11H22N2O3. The number of nitrogens with zero attached hydrogens (tertiary/aromatic N) is 1. The summed E-state index contributed by atoms with van der Waals surface area (Å²) in [4.78, 5) is 13.4. The average Bonchev–Trinajstić information content (AvgIpc) is 2.44. The van der Waals surface area contributed by atoms with Crippen LogP contribution < -0.4 is 5.73 Å². The SMILES string of the molecule is CC(C)(C)OC(=O)N1CC(O)CC1CCN. The van der Waals surface area contributed by atoms with E-state index in [2.05, 4.69) is 0 Å². The highest BCUT2D eigenvalue weighted by molar-refractivity contribution is 5.69. The third-order valence-electron chi connectivity index (χ3n) is 2.52. The van der Waals surface area contributed by atoms with Gasteiger partial charge in [-0.05, 0) is 40.2 Å². The maximum absolute atomic E-state index is 11.8. The normalized spacial score (nSPS) is 25.9. The number of carbonyl (C=O) groups excluding carboxylic acids is 1. The van der Waals surface area contributed by atoms with Gasteiger partial charge in [-0.3, -0.25) is 0 Å². The molecule has 94 valence electrons. The molecule has 0 aliphatic carbocycles. The minimum atomic E-state index is -0.502. The second-order valence-electron chi connectivity index (χ2n) is 5.25. The molecule has 0 bridgehead atoms. The third-order valence-corrected chi connectivity index (χ3v) is 2.52. The average molecular weight is 230 g/mol. The lowest BCUT2D eigenvalue weighted by atomic mass is 10.1. The van der Waals surface area contributed by atoms with E-state index < -0.39 is 11.7 Å². The van der Waals surface area contributed by atoms with Crippen molar-refractivity contribution in [3.05, 3.63) is 0 Å². The first-order valence-electron chi connectivity index (χ1n) is 5.71. The monoisotopic (exact) mass is 230 g/mol. The molecule has 5 heteroatoms. The summed E-state index contributed by atoms with van der Waals surface area (Å²) in [5.74, 6) is 0. The fraction of sp³-hybridized carbons (Fsp3) is 0.909. The number of aliphatic hydroxyl groups excluding tert-OH is 1. The van der Waals surface area contributed by atoms with Crippen LogP contribution in [0.4, 0.5) is 4.79 Å². The van der Waals surface area contributed by atoms with Gasteiger partial charge in [0.05, 0.1) is 12.6 Å². The van der Waals surface area contributed by atoms with Gasteiger partial charge in [0.2, 0.25) is 0 Å². The van der Waals surface area contributed by atoms with Crippen molar-refractivity contribution in [3.63, 3.8) is 0 Å². The van der Waals surface area contributed by atoms with Crippen molar-refractivity contribution in [3.8, 4) is 0 Å². The molecule has 0 aromatic carbocycles. The number of likely N-dealkylation sites (tertiary alicyclic amines) is 1. The zero-order chi connectivity index (χ0) is 12.3. The first-order valence-corrected chi connectivity index (χ1v) is 5.71. The topological polar surface area (TPSA) is 75.8 Å². The molecule has 3 N–H and O–H groups in total. The highest BCUT2D eigenvalue weighted by Crippen LogP contribution is 2.22. The lowest BCUT2D eigenvalue weighted by molar-refractivity contribution is 0.0204. The van der Waals surface area contributed by atoms with Crippen molar-refractivity contribution < 1.29 is 14.6 Å². The smallest absolute Gasteiger partial charge is 0.410 e. The van der Waals surface area contributed by atoms with E-state index in [9.17, 15) is 9.90 Å². The van der Waals surface area contributed by atoms with E-state index in [1.807, 2.05) is 20.8 Å². The van der Waals surface area contributed by atoms with Crippen molar-refractivity contribution in [2.45, 2.75) is 51.4 Å². The van der Waals surface area contributed by atoms with Gasteiger partial charge in [-0.25, -0.2) is 4.79 Å². The van der Waals surface area contributed by atoms with Crippen LogP contribution in [0.2, 0.25) is 0 Å². The van der Waals surface area contributed by atoms with Gasteiger partial charge < -0.3 is 20.5 Å². The highest BCUT2D eigenvalue weighted by Gasteiger charge is 2.36. The maximum atomic E-state index is 11.8. The fourth-order valence-corrected chi connectivity index (χ4v) is 1.90. The van der Waals surface area contributed by atoms with Crippen LogP contribution in [0, 0.1) is 0 Å². The number of ether oxygens (including phenoxy) is 1. The first kappa shape index (κ1) is 13.3. The molecule has 2 atom stereocenters. The summed E-state index contributed by atoms with van der Waals surface area (Å²) in [6.07, 6.45) is 0.485. The molecule has 1 fully saturated rings. The summed E-state index contributed by atoms with van der Waals surface area (Å²) < 4.78 is 5.28. The molecule has 2 unspecified atom stereocenters. The van der Waals surface area contributed by atoms with E-state index in [0.717, 1.165) is 0 Å². The fourth-order valence-electron chi connectivity index (χ4n) is 1.90. The number of hydrogen-bond donors (Lipinski definition) is 2. The molecule has 1 rings (SSSR count). The minimum Gasteiger partial charge on any atom is -0.444 e. The molecule has 5 nitrogen and oxygen atoms in total. The van der Waals surface area contributed by atoms with Gasteiger partial charge in [0.15, 0.2) is 0 Å². The number of rotatable bonds is 2. The molecule has 1 amide bonds. The lowest BCUT2D eigenvalue weighted by Gasteiger charge is -2.28. The van der Waals surface area contributed by atoms with Gasteiger partial charge in [0.1, 0.15) is 5.60 Å². The highest BCUT2D eigenvalue weighted by atomic mass is 16.6. The minimum absolute atomic E-state index is 0.00912. The summed E-state index contributed by atoms with van der Waals surface area (Å²) in [5.41, 5.74) is 4.98. The number of β-amino-alcohol motifs (C(OH)–C–C–N with tert-alkyl or cyclic N) is 1. The summed E-state index contributed by atoms with van der Waals surface area (Å²) in [5, 5.41) is 9.55. The second kappa shape index (κ2) is 5.01. The Morgan fingerprint density at radius 3 is 2.69 bits per heavy atom. The zero-order valence-corrected chi connectivity index (χ0v) is 10.3. The number of nitrogens with two attached hydrogens (primary N) is 1. The zero-order valence-electron chi connectivity index (χ0n) is 10.3. The Hall–Kier alpha value is -0.810. The molecule has 0 saturated carbocycles. The van der Waals surface area contributed by atoms with Crippen LogP contribution in [-0.2, 0) is 4.74 Å². The molecule has 1 saturated heterocycles. The molecule has 1 heterocycles. The van der Waals surface area contributed by atoms with Crippen molar-refractivity contribution in [1.29, 1.82) is 0 Å². The Kier molecular flexibility index (Phi) is 4.15. The molecule has 0 aromatic rings. The Labute approximate surface area is 96.6 Å². The molecular weight excluding hydrogens is 208 g/mol. The van der Waals surface area contributed by atoms with Gasteiger partial charge in [-0.1, -0.05) is 0 Å². The largest absolute Gasteiger partial charge is 0.444 e. The van der Waals surface area contributed by atoms with Crippen LogP contribution >= 0.6 is 0 Å². The predicted octanol–water partition coefficient (Wildman–Crippen LogP) is 0.706. The van der Waals surface area contributed by atoms with E-state index in [4.69, 9.17) is 10.5 Å². The molecule has 1 aliphatic heterocycles. The summed E-state index contributed by atoms with van der Waals surface area (Å²) in [7, 11) is 0. The number of aliphatic hydroxyl groups is 1. The summed E-state index contributed by atoms with van der Waals surface area (Å²) in [6, 6.07) is 0.00912. The third kappa shape index (κ3) is 3.64.